The summed E-state index contributed by atoms with van der Waals surface area (Å²) in [5.41, 5.74) is 3.88. The van der Waals surface area contributed by atoms with E-state index in [2.05, 4.69) is 22.0 Å². The number of allylic oxidation sites excluding steroid dienone is 2. The third-order valence-corrected chi connectivity index (χ3v) is 6.72. The number of nitrogens with zero attached hydrogens (tertiary/aromatic N) is 1. The van der Waals surface area contributed by atoms with E-state index in [0.29, 0.717) is 23.1 Å². The van der Waals surface area contributed by atoms with Crippen LogP contribution in [-0.2, 0) is 6.42 Å². The minimum Gasteiger partial charge on any atom is -0.471 e. The molecule has 7 heteroatoms. The first-order chi connectivity index (χ1) is 16.1. The number of carbonyl (C=O) groups is 1. The molecule has 2 aliphatic heterocycles. The van der Waals surface area contributed by atoms with Crippen molar-refractivity contribution in [1.29, 1.82) is 0 Å². The van der Waals surface area contributed by atoms with E-state index in [0.717, 1.165) is 49.3 Å². The van der Waals surface area contributed by atoms with Gasteiger partial charge in [0, 0.05) is 19.1 Å². The zero-order valence-corrected chi connectivity index (χ0v) is 21.0. The van der Waals surface area contributed by atoms with Crippen LogP contribution in [0.25, 0.3) is 0 Å². The molecule has 1 aliphatic carbocycles. The van der Waals surface area contributed by atoms with E-state index < -0.39 is 0 Å². The van der Waals surface area contributed by atoms with E-state index >= 15 is 0 Å². The van der Waals surface area contributed by atoms with Crippen molar-refractivity contribution in [2.24, 2.45) is 0 Å². The van der Waals surface area contributed by atoms with Gasteiger partial charge in [-0.05, 0) is 68.3 Å². The highest BCUT2D eigenvalue weighted by Gasteiger charge is 2.34. The van der Waals surface area contributed by atoms with Crippen molar-refractivity contribution < 1.29 is 9.53 Å². The van der Waals surface area contributed by atoms with Crippen LogP contribution in [0.4, 0.5) is 0 Å². The fourth-order valence-corrected chi connectivity index (χ4v) is 4.69. The molecule has 0 saturated heterocycles. The van der Waals surface area contributed by atoms with Crippen molar-refractivity contribution in [1.82, 2.24) is 20.9 Å². The number of rotatable bonds is 7. The molecule has 6 nitrogen and oxygen atoms in total. The van der Waals surface area contributed by atoms with Gasteiger partial charge in [-0.15, -0.1) is 0 Å². The van der Waals surface area contributed by atoms with Crippen LogP contribution in [0, 0.1) is 6.92 Å². The van der Waals surface area contributed by atoms with Crippen LogP contribution >= 0.6 is 11.6 Å². The topological polar surface area (TPSA) is 65.6 Å². The molecule has 2 heterocycles. The Bertz CT molecular complexity index is 933. The molecule has 0 unspecified atom stereocenters. The van der Waals surface area contributed by atoms with Crippen LogP contribution in [0.1, 0.15) is 61.0 Å². The van der Waals surface area contributed by atoms with Gasteiger partial charge in [0.15, 0.2) is 12.5 Å². The van der Waals surface area contributed by atoms with Gasteiger partial charge in [0.25, 0.3) is 5.91 Å². The second-order valence-corrected chi connectivity index (χ2v) is 8.76. The van der Waals surface area contributed by atoms with Crippen molar-refractivity contribution in [3.8, 4) is 5.75 Å². The third kappa shape index (κ3) is 5.92. The molecule has 0 atom stereocenters. The number of likely N-dealkylation sites (N-methyl/N-ethyl adjacent to an activating group) is 1. The van der Waals surface area contributed by atoms with Crippen LogP contribution in [0.5, 0.6) is 5.75 Å². The molecule has 33 heavy (non-hydrogen) atoms. The van der Waals surface area contributed by atoms with Crippen molar-refractivity contribution in [3.05, 3.63) is 63.6 Å². The zero-order chi connectivity index (χ0) is 23.8. The molecule has 4 rings (SSSR count). The van der Waals surface area contributed by atoms with Gasteiger partial charge in [0.1, 0.15) is 5.82 Å². The largest absolute Gasteiger partial charge is 0.471 e. The maximum atomic E-state index is 13.2. The Morgan fingerprint density at radius 1 is 1.27 bits per heavy atom. The number of hydrogen-bond acceptors (Lipinski definition) is 5. The number of amides is 1. The summed E-state index contributed by atoms with van der Waals surface area (Å²) < 4.78 is 5.96. The average Bonchev–Trinajstić information content (AvgIpc) is 3.38. The number of halogens is 1. The molecule has 1 amide bonds. The molecule has 3 N–H and O–H groups in total. The molecule has 1 aromatic carbocycles. The normalized spacial score (nSPS) is 18.1. The van der Waals surface area contributed by atoms with Gasteiger partial charge in [-0.3, -0.25) is 4.79 Å². The Hall–Kier alpha value is -2.44. The highest BCUT2D eigenvalue weighted by Crippen LogP contribution is 2.39. The third-order valence-electron chi connectivity index (χ3n) is 6.27. The van der Waals surface area contributed by atoms with Gasteiger partial charge in [-0.1, -0.05) is 50.4 Å². The summed E-state index contributed by atoms with van der Waals surface area (Å²) in [6.07, 6.45) is 13.3. The first-order valence-corrected chi connectivity index (χ1v) is 12.4. The van der Waals surface area contributed by atoms with Gasteiger partial charge in [-0.2, -0.15) is 0 Å². The molecule has 0 radical (unpaired) electrons. The van der Waals surface area contributed by atoms with Crippen LogP contribution in [0.2, 0.25) is 5.02 Å². The number of benzene rings is 1. The Morgan fingerprint density at radius 3 is 2.70 bits per heavy atom. The number of fused-ring (bicyclic) bond motifs is 1. The summed E-state index contributed by atoms with van der Waals surface area (Å²) in [4.78, 5) is 15.1. The van der Waals surface area contributed by atoms with Crippen LogP contribution in [-0.4, -0.2) is 43.7 Å². The number of dihydropyridines is 1. The molecular formula is C26H37ClN4O2. The minimum atomic E-state index is 0.0480. The average molecular weight is 473 g/mol. The Balaban J connectivity index is 0.00000149. The van der Waals surface area contributed by atoms with Crippen LogP contribution in [0.3, 0.4) is 0 Å². The second-order valence-electron chi connectivity index (χ2n) is 8.38. The molecule has 1 saturated carbocycles. The molecule has 0 bridgehead atoms. The molecule has 3 aliphatic rings. The molecule has 0 spiro atoms. The number of hydrogen-bond donors (Lipinski definition) is 3. The first-order valence-electron chi connectivity index (χ1n) is 12.0. The lowest BCUT2D eigenvalue weighted by molar-refractivity contribution is 0.0391. The summed E-state index contributed by atoms with van der Waals surface area (Å²) in [6, 6.07) is 2.27. The lowest BCUT2D eigenvalue weighted by Crippen LogP contribution is -2.44. The predicted molar refractivity (Wildman–Crippen MR) is 136 cm³/mol. The van der Waals surface area contributed by atoms with E-state index in [4.69, 9.17) is 16.3 Å². The minimum absolute atomic E-state index is 0.0480. The summed E-state index contributed by atoms with van der Waals surface area (Å²) >= 11 is 6.65. The van der Waals surface area contributed by atoms with Gasteiger partial charge in [0.2, 0.25) is 0 Å². The van der Waals surface area contributed by atoms with Gasteiger partial charge in [-0.25, -0.2) is 0 Å². The summed E-state index contributed by atoms with van der Waals surface area (Å²) in [7, 11) is 1.92. The molecular weight excluding hydrogens is 436 g/mol. The lowest BCUT2D eigenvalue weighted by Gasteiger charge is -2.34. The van der Waals surface area contributed by atoms with Crippen molar-refractivity contribution >= 4 is 17.5 Å². The van der Waals surface area contributed by atoms with E-state index in [1.807, 2.05) is 57.1 Å². The van der Waals surface area contributed by atoms with E-state index in [-0.39, 0.29) is 11.9 Å². The SMILES string of the molecule is CC.CNC/C=C\NC1=CC=C(Cc2cc3c(c(Cl)c2C)OCN(C2CCCC2)C3=O)CN1. The van der Waals surface area contributed by atoms with Crippen molar-refractivity contribution in [2.75, 3.05) is 26.9 Å². The van der Waals surface area contributed by atoms with Crippen LogP contribution in [0.15, 0.2) is 41.9 Å². The van der Waals surface area contributed by atoms with Crippen LogP contribution < -0.4 is 20.7 Å². The highest BCUT2D eigenvalue weighted by atomic mass is 35.5. The molecule has 1 fully saturated rings. The fraction of sp³-hybridized carbons (Fsp3) is 0.500. The summed E-state index contributed by atoms with van der Waals surface area (Å²) in [5, 5.41) is 10.3. The Kier molecular flexibility index (Phi) is 9.27. The highest BCUT2D eigenvalue weighted by molar-refractivity contribution is 6.33. The maximum absolute atomic E-state index is 13.2. The standard InChI is InChI=1S/C24H31ClN4O2.C2H6/c1-16-18(12-17-8-9-21(28-14-17)27-11-5-10-26-2)13-20-23(22(16)25)31-15-29(24(20)30)19-6-3-4-7-19;1-2/h5,8-9,11,13,19,26-28H,3-4,6-7,10,12,14-15H2,1-2H3;1-2H3/b11-5-;. The molecule has 0 aromatic heterocycles. The van der Waals surface area contributed by atoms with Gasteiger partial charge < -0.3 is 25.6 Å². The summed E-state index contributed by atoms with van der Waals surface area (Å²) in [5.74, 6) is 1.55. The maximum Gasteiger partial charge on any atom is 0.260 e. The predicted octanol–water partition coefficient (Wildman–Crippen LogP) is 4.65. The quantitative estimate of drug-likeness (QED) is 0.539. The monoisotopic (exact) mass is 472 g/mol. The number of ether oxygens (including phenoxy) is 1. The van der Waals surface area contributed by atoms with E-state index in [1.165, 1.54) is 18.4 Å². The van der Waals surface area contributed by atoms with E-state index in [1.54, 1.807) is 0 Å². The number of nitrogens with one attached hydrogen (secondary N) is 3. The van der Waals surface area contributed by atoms with Gasteiger partial charge >= 0.3 is 0 Å². The fourth-order valence-electron chi connectivity index (χ4n) is 4.41. The van der Waals surface area contributed by atoms with Crippen molar-refractivity contribution in [3.63, 3.8) is 0 Å². The summed E-state index contributed by atoms with van der Waals surface area (Å²) in [6.45, 7) is 7.86. The zero-order valence-electron chi connectivity index (χ0n) is 20.3. The molecule has 180 valence electrons. The van der Waals surface area contributed by atoms with Gasteiger partial charge in [0.05, 0.1) is 10.6 Å². The Labute approximate surface area is 203 Å². The first kappa shape index (κ1) is 25.2. The second kappa shape index (κ2) is 12.1. The Morgan fingerprint density at radius 2 is 2.03 bits per heavy atom. The molecule has 1 aromatic rings. The number of carbonyl (C=O) groups excluding carboxylic acids is 1. The van der Waals surface area contributed by atoms with E-state index in [9.17, 15) is 4.79 Å². The van der Waals surface area contributed by atoms with Crippen molar-refractivity contribution in [2.45, 2.75) is 58.9 Å². The lowest BCUT2D eigenvalue weighted by atomic mass is 9.95. The smallest absolute Gasteiger partial charge is 0.260 e.